The van der Waals surface area contributed by atoms with Gasteiger partial charge in [0.1, 0.15) is 5.82 Å². The summed E-state index contributed by atoms with van der Waals surface area (Å²) >= 11 is 1.48. The summed E-state index contributed by atoms with van der Waals surface area (Å²) in [6.07, 6.45) is 4.22. The van der Waals surface area contributed by atoms with Crippen molar-refractivity contribution in [1.82, 2.24) is 19.3 Å². The van der Waals surface area contributed by atoms with Crippen LogP contribution in [0.3, 0.4) is 0 Å². The number of imidazole rings is 1. The van der Waals surface area contributed by atoms with E-state index in [9.17, 15) is 4.79 Å². The van der Waals surface area contributed by atoms with Crippen molar-refractivity contribution in [2.45, 2.75) is 39.9 Å². The Balaban J connectivity index is 1.50. The molecular formula is C26H29N5OS. The standard InChI is InChI=1S/C26H29N5OS/c1-17-7-8-18(2)22(12-17)30-26(32)31(33-16-21-6-5-10-27-15-21)11-9-25-28-23-13-19(3)20(4)14-24(23)29-25/h5-8,10,12-15H,9,11,16H2,1-4H3,(H,28,29)(H,30,32). The highest BCUT2D eigenvalue weighted by molar-refractivity contribution is 7.96. The molecule has 2 amide bonds. The highest BCUT2D eigenvalue weighted by Gasteiger charge is 2.17. The molecule has 0 fully saturated rings. The normalized spacial score (nSPS) is 11.0. The highest BCUT2D eigenvalue weighted by Crippen LogP contribution is 2.23. The number of nitrogens with one attached hydrogen (secondary N) is 2. The van der Waals surface area contributed by atoms with Crippen molar-refractivity contribution in [3.8, 4) is 0 Å². The number of amides is 2. The number of hydrogen-bond donors (Lipinski definition) is 2. The monoisotopic (exact) mass is 459 g/mol. The molecule has 0 aliphatic rings. The van der Waals surface area contributed by atoms with Crippen molar-refractivity contribution >= 4 is 34.7 Å². The Labute approximate surface area is 199 Å². The third-order valence-corrected chi connectivity index (χ3v) is 6.79. The number of carbonyl (C=O) groups is 1. The minimum Gasteiger partial charge on any atom is -0.342 e. The number of anilines is 1. The van der Waals surface area contributed by atoms with Gasteiger partial charge in [-0.15, -0.1) is 0 Å². The molecule has 2 N–H and O–H groups in total. The minimum absolute atomic E-state index is 0.139. The summed E-state index contributed by atoms with van der Waals surface area (Å²) in [5.74, 6) is 1.54. The van der Waals surface area contributed by atoms with E-state index in [1.165, 1.54) is 23.1 Å². The molecule has 2 aromatic heterocycles. The predicted octanol–water partition coefficient (Wildman–Crippen LogP) is 6.12. The fourth-order valence-electron chi connectivity index (χ4n) is 3.56. The van der Waals surface area contributed by atoms with E-state index in [4.69, 9.17) is 4.98 Å². The largest absolute Gasteiger partial charge is 0.342 e. The lowest BCUT2D eigenvalue weighted by atomic mass is 10.1. The predicted molar refractivity (Wildman–Crippen MR) is 136 cm³/mol. The van der Waals surface area contributed by atoms with Gasteiger partial charge in [-0.1, -0.05) is 18.2 Å². The van der Waals surface area contributed by atoms with E-state index < -0.39 is 0 Å². The number of aromatic amines is 1. The van der Waals surface area contributed by atoms with Gasteiger partial charge in [-0.05, 0) is 91.7 Å². The van der Waals surface area contributed by atoms with Gasteiger partial charge in [-0.25, -0.2) is 9.78 Å². The third-order valence-electron chi connectivity index (χ3n) is 5.67. The van der Waals surface area contributed by atoms with Crippen LogP contribution in [0.1, 0.15) is 33.6 Å². The number of hydrogen-bond acceptors (Lipinski definition) is 4. The maximum Gasteiger partial charge on any atom is 0.331 e. The highest BCUT2D eigenvalue weighted by atomic mass is 32.2. The van der Waals surface area contributed by atoms with E-state index >= 15 is 0 Å². The van der Waals surface area contributed by atoms with Crippen LogP contribution in [-0.4, -0.2) is 31.8 Å². The quantitative estimate of drug-likeness (QED) is 0.327. The second kappa shape index (κ2) is 10.1. The first kappa shape index (κ1) is 22.9. The summed E-state index contributed by atoms with van der Waals surface area (Å²) in [4.78, 5) is 25.6. The zero-order chi connectivity index (χ0) is 23.4. The van der Waals surface area contributed by atoms with E-state index in [1.54, 1.807) is 10.5 Å². The van der Waals surface area contributed by atoms with Crippen LogP contribution in [-0.2, 0) is 12.2 Å². The molecule has 33 heavy (non-hydrogen) atoms. The molecule has 0 aliphatic heterocycles. The van der Waals surface area contributed by atoms with Gasteiger partial charge in [-0.2, -0.15) is 0 Å². The van der Waals surface area contributed by atoms with E-state index in [0.29, 0.717) is 18.7 Å². The zero-order valence-electron chi connectivity index (χ0n) is 19.5. The number of carbonyl (C=O) groups excluding carboxylic acids is 1. The third kappa shape index (κ3) is 5.73. The van der Waals surface area contributed by atoms with Crippen molar-refractivity contribution in [1.29, 1.82) is 0 Å². The fourth-order valence-corrected chi connectivity index (χ4v) is 4.42. The van der Waals surface area contributed by atoms with Crippen molar-refractivity contribution in [2.75, 3.05) is 11.9 Å². The summed E-state index contributed by atoms with van der Waals surface area (Å²) in [6.45, 7) is 8.75. The first-order valence-electron chi connectivity index (χ1n) is 11.0. The van der Waals surface area contributed by atoms with Crippen LogP contribution in [0.4, 0.5) is 10.5 Å². The molecule has 6 nitrogen and oxygen atoms in total. The van der Waals surface area contributed by atoms with Crippen LogP contribution in [0.25, 0.3) is 11.0 Å². The molecular weight excluding hydrogens is 430 g/mol. The second-order valence-electron chi connectivity index (χ2n) is 8.37. The van der Waals surface area contributed by atoms with Crippen LogP contribution in [0.15, 0.2) is 54.9 Å². The number of benzene rings is 2. The van der Waals surface area contributed by atoms with Gasteiger partial charge in [-0.3, -0.25) is 9.29 Å². The zero-order valence-corrected chi connectivity index (χ0v) is 20.3. The van der Waals surface area contributed by atoms with Gasteiger partial charge in [0.15, 0.2) is 0 Å². The summed E-state index contributed by atoms with van der Waals surface area (Å²) < 4.78 is 1.78. The number of nitrogens with zero attached hydrogens (tertiary/aromatic N) is 3. The minimum atomic E-state index is -0.139. The summed E-state index contributed by atoms with van der Waals surface area (Å²) in [5.41, 5.74) is 8.50. The van der Waals surface area contributed by atoms with Crippen molar-refractivity contribution in [2.24, 2.45) is 0 Å². The Morgan fingerprint density at radius 2 is 1.88 bits per heavy atom. The molecule has 0 aliphatic carbocycles. The van der Waals surface area contributed by atoms with Gasteiger partial charge < -0.3 is 10.3 Å². The Kier molecular flexibility index (Phi) is 6.99. The SMILES string of the molecule is Cc1ccc(C)c(NC(=O)N(CCc2nc3cc(C)c(C)cc3[nH]2)SCc2cccnc2)c1. The number of aromatic nitrogens is 3. The van der Waals surface area contributed by atoms with Crippen LogP contribution in [0.2, 0.25) is 0 Å². The molecule has 7 heteroatoms. The summed E-state index contributed by atoms with van der Waals surface area (Å²) in [7, 11) is 0. The fraction of sp³-hybridized carbons (Fsp3) is 0.269. The van der Waals surface area contributed by atoms with E-state index in [2.05, 4.69) is 41.3 Å². The molecule has 0 radical (unpaired) electrons. The molecule has 4 aromatic rings. The maximum absolute atomic E-state index is 13.2. The second-order valence-corrected chi connectivity index (χ2v) is 9.36. The van der Waals surface area contributed by atoms with Crippen LogP contribution < -0.4 is 5.32 Å². The van der Waals surface area contributed by atoms with Crippen molar-refractivity contribution < 1.29 is 4.79 Å². The molecule has 0 spiro atoms. The van der Waals surface area contributed by atoms with Gasteiger partial charge >= 0.3 is 6.03 Å². The first-order valence-corrected chi connectivity index (χ1v) is 12.0. The Morgan fingerprint density at radius 3 is 2.67 bits per heavy atom. The molecule has 4 rings (SSSR count). The Hall–Kier alpha value is -3.32. The van der Waals surface area contributed by atoms with E-state index in [-0.39, 0.29) is 6.03 Å². The maximum atomic E-state index is 13.2. The molecule has 0 unspecified atom stereocenters. The van der Waals surface area contributed by atoms with Crippen LogP contribution in [0.5, 0.6) is 0 Å². The van der Waals surface area contributed by atoms with E-state index in [0.717, 1.165) is 39.2 Å². The number of pyridine rings is 1. The van der Waals surface area contributed by atoms with Crippen LogP contribution in [0, 0.1) is 27.7 Å². The average Bonchev–Trinajstić information content (AvgIpc) is 3.18. The molecule has 0 atom stereocenters. The van der Waals surface area contributed by atoms with Gasteiger partial charge in [0, 0.05) is 36.8 Å². The van der Waals surface area contributed by atoms with Gasteiger partial charge in [0.25, 0.3) is 0 Å². The molecule has 0 saturated carbocycles. The molecule has 2 heterocycles. The average molecular weight is 460 g/mol. The van der Waals surface area contributed by atoms with Crippen molar-refractivity contribution in [3.63, 3.8) is 0 Å². The summed E-state index contributed by atoms with van der Waals surface area (Å²) in [5, 5.41) is 3.09. The lowest BCUT2D eigenvalue weighted by Gasteiger charge is -2.22. The lowest BCUT2D eigenvalue weighted by Crippen LogP contribution is -2.31. The molecule has 0 saturated heterocycles. The molecule has 0 bridgehead atoms. The molecule has 2 aromatic carbocycles. The number of rotatable bonds is 7. The van der Waals surface area contributed by atoms with Gasteiger partial charge in [0.2, 0.25) is 0 Å². The van der Waals surface area contributed by atoms with Gasteiger partial charge in [0.05, 0.1) is 11.0 Å². The Bertz CT molecular complexity index is 1230. The smallest absolute Gasteiger partial charge is 0.331 e. The number of aryl methyl sites for hydroxylation is 4. The summed E-state index contributed by atoms with van der Waals surface area (Å²) in [6, 6.07) is 14.1. The number of H-pyrrole nitrogens is 1. The lowest BCUT2D eigenvalue weighted by molar-refractivity contribution is 0.238. The Morgan fingerprint density at radius 1 is 1.06 bits per heavy atom. The number of fused-ring (bicyclic) bond motifs is 1. The van der Waals surface area contributed by atoms with E-state index in [1.807, 2.05) is 50.4 Å². The topological polar surface area (TPSA) is 73.9 Å². The first-order chi connectivity index (χ1) is 15.9. The van der Waals surface area contributed by atoms with Crippen molar-refractivity contribution in [3.05, 3.63) is 88.5 Å². The number of urea groups is 1. The molecule has 170 valence electrons. The van der Waals surface area contributed by atoms with Crippen LogP contribution >= 0.6 is 11.9 Å².